The zero-order valence-corrected chi connectivity index (χ0v) is 8.22. The Bertz CT molecular complexity index is 374. The lowest BCUT2D eigenvalue weighted by atomic mass is 10.4. The molecule has 0 bridgehead atoms. The summed E-state index contributed by atoms with van der Waals surface area (Å²) in [5, 5.41) is 4.20. The van der Waals surface area contributed by atoms with Gasteiger partial charge in [-0.3, -0.25) is 9.36 Å². The second-order valence-electron chi connectivity index (χ2n) is 3.06. The van der Waals surface area contributed by atoms with Crippen LogP contribution in [0.3, 0.4) is 0 Å². The molecule has 2 heterocycles. The lowest BCUT2D eigenvalue weighted by Gasteiger charge is -2.08. The number of aromatic nitrogens is 3. The van der Waals surface area contributed by atoms with Crippen molar-refractivity contribution in [2.45, 2.75) is 20.0 Å². The molecule has 0 aromatic carbocycles. The molecule has 14 heavy (non-hydrogen) atoms. The molecule has 4 heteroatoms. The van der Waals surface area contributed by atoms with Gasteiger partial charge in [0.05, 0.1) is 12.2 Å². The van der Waals surface area contributed by atoms with Gasteiger partial charge >= 0.3 is 0 Å². The minimum Gasteiger partial charge on any atom is -0.320 e. The predicted molar refractivity (Wildman–Crippen MR) is 55.4 cm³/mol. The molecule has 0 aliphatic carbocycles. The maximum absolute atomic E-state index is 4.20. The van der Waals surface area contributed by atoms with E-state index in [4.69, 9.17) is 0 Å². The number of aryl methyl sites for hydroxylation is 1. The number of nitrogens with one attached hydrogen (secondary N) is 1. The van der Waals surface area contributed by atoms with E-state index < -0.39 is 0 Å². The number of hydrogen-bond donors (Lipinski definition) is 1. The van der Waals surface area contributed by atoms with Crippen molar-refractivity contribution < 1.29 is 0 Å². The topological polar surface area (TPSA) is 34.8 Å². The Morgan fingerprint density at radius 1 is 1.36 bits per heavy atom. The van der Waals surface area contributed by atoms with Gasteiger partial charge in [-0.2, -0.15) is 5.10 Å². The van der Waals surface area contributed by atoms with E-state index in [1.54, 1.807) is 0 Å². The molecule has 0 spiro atoms. The SMILES string of the molecule is CCn1nccc1CNn1cccc1. The number of hydrogen-bond acceptors (Lipinski definition) is 2. The third kappa shape index (κ3) is 1.79. The summed E-state index contributed by atoms with van der Waals surface area (Å²) >= 11 is 0. The average molecular weight is 190 g/mol. The summed E-state index contributed by atoms with van der Waals surface area (Å²) in [5.41, 5.74) is 4.45. The van der Waals surface area contributed by atoms with E-state index in [1.165, 1.54) is 5.69 Å². The van der Waals surface area contributed by atoms with Gasteiger partial charge in [0.1, 0.15) is 0 Å². The quantitative estimate of drug-likeness (QED) is 0.791. The first-order valence-electron chi connectivity index (χ1n) is 4.77. The monoisotopic (exact) mass is 190 g/mol. The van der Waals surface area contributed by atoms with Crippen molar-refractivity contribution in [1.82, 2.24) is 14.5 Å². The molecule has 74 valence electrons. The van der Waals surface area contributed by atoms with Crippen molar-refractivity contribution in [3.8, 4) is 0 Å². The van der Waals surface area contributed by atoms with Crippen molar-refractivity contribution in [3.05, 3.63) is 42.5 Å². The van der Waals surface area contributed by atoms with Gasteiger partial charge in [0, 0.05) is 25.1 Å². The maximum Gasteiger partial charge on any atom is 0.0733 e. The molecule has 0 radical (unpaired) electrons. The van der Waals surface area contributed by atoms with E-state index in [1.807, 2.05) is 46.1 Å². The molecule has 2 aromatic heterocycles. The second kappa shape index (κ2) is 4.00. The summed E-state index contributed by atoms with van der Waals surface area (Å²) in [6.07, 6.45) is 5.79. The summed E-state index contributed by atoms with van der Waals surface area (Å²) in [6.45, 7) is 3.80. The summed E-state index contributed by atoms with van der Waals surface area (Å²) in [7, 11) is 0. The van der Waals surface area contributed by atoms with Crippen LogP contribution in [0.5, 0.6) is 0 Å². The molecule has 0 amide bonds. The van der Waals surface area contributed by atoms with Gasteiger partial charge in [-0.05, 0) is 25.1 Å². The van der Waals surface area contributed by atoms with Crippen molar-refractivity contribution >= 4 is 0 Å². The fourth-order valence-corrected chi connectivity index (χ4v) is 1.41. The van der Waals surface area contributed by atoms with E-state index in [2.05, 4.69) is 17.4 Å². The van der Waals surface area contributed by atoms with Crippen molar-refractivity contribution in [1.29, 1.82) is 0 Å². The van der Waals surface area contributed by atoms with Crippen LogP contribution >= 0.6 is 0 Å². The Hall–Kier alpha value is -1.71. The molecule has 1 N–H and O–H groups in total. The standard InChI is InChI=1S/C10H14N4/c1-2-14-10(5-6-11-14)9-12-13-7-3-4-8-13/h3-8,12H,2,9H2,1H3. The van der Waals surface area contributed by atoms with Gasteiger partial charge in [-0.1, -0.05) is 0 Å². The normalized spacial score (nSPS) is 10.4. The highest BCUT2D eigenvalue weighted by molar-refractivity contribution is 5.03. The molecule has 0 saturated heterocycles. The number of nitrogens with zero attached hydrogens (tertiary/aromatic N) is 3. The molecule has 0 fully saturated rings. The van der Waals surface area contributed by atoms with Crippen LogP contribution in [0.1, 0.15) is 12.6 Å². The highest BCUT2D eigenvalue weighted by atomic mass is 15.4. The van der Waals surface area contributed by atoms with Crippen LogP contribution in [0.2, 0.25) is 0 Å². The Kier molecular flexibility index (Phi) is 2.53. The van der Waals surface area contributed by atoms with Gasteiger partial charge in [-0.15, -0.1) is 0 Å². The molecule has 2 rings (SSSR count). The van der Waals surface area contributed by atoms with Gasteiger partial charge in [0.2, 0.25) is 0 Å². The van der Waals surface area contributed by atoms with E-state index in [0.717, 1.165) is 13.1 Å². The highest BCUT2D eigenvalue weighted by Gasteiger charge is 1.98. The minimum absolute atomic E-state index is 0.794. The summed E-state index contributed by atoms with van der Waals surface area (Å²) in [4.78, 5) is 0. The first-order valence-corrected chi connectivity index (χ1v) is 4.77. The van der Waals surface area contributed by atoms with Crippen molar-refractivity contribution in [3.63, 3.8) is 0 Å². The van der Waals surface area contributed by atoms with Crippen LogP contribution in [0.25, 0.3) is 0 Å². The Balaban J connectivity index is 1.98. The fourth-order valence-electron chi connectivity index (χ4n) is 1.41. The van der Waals surface area contributed by atoms with E-state index in [0.29, 0.717) is 0 Å². The third-order valence-corrected chi connectivity index (χ3v) is 2.15. The first-order chi connectivity index (χ1) is 6.90. The lowest BCUT2D eigenvalue weighted by molar-refractivity contribution is 0.618. The summed E-state index contributed by atoms with van der Waals surface area (Å²) < 4.78 is 3.92. The van der Waals surface area contributed by atoms with Gasteiger partial charge in [0.15, 0.2) is 0 Å². The highest BCUT2D eigenvalue weighted by Crippen LogP contribution is 1.99. The molecular formula is C10H14N4. The summed E-state index contributed by atoms with van der Waals surface area (Å²) in [5.74, 6) is 0. The van der Waals surface area contributed by atoms with Crippen molar-refractivity contribution in [2.75, 3.05) is 5.43 Å². The first kappa shape index (κ1) is 8.87. The molecule has 0 aliphatic rings. The minimum atomic E-state index is 0.794. The van der Waals surface area contributed by atoms with Crippen LogP contribution in [0.15, 0.2) is 36.8 Å². The van der Waals surface area contributed by atoms with E-state index in [-0.39, 0.29) is 0 Å². The zero-order valence-electron chi connectivity index (χ0n) is 8.22. The van der Waals surface area contributed by atoms with Crippen LogP contribution in [-0.4, -0.2) is 14.5 Å². The summed E-state index contributed by atoms with van der Waals surface area (Å²) in [6, 6.07) is 6.01. The Labute approximate surface area is 83.1 Å². The maximum atomic E-state index is 4.20. The number of rotatable bonds is 4. The zero-order chi connectivity index (χ0) is 9.80. The smallest absolute Gasteiger partial charge is 0.0733 e. The molecule has 4 nitrogen and oxygen atoms in total. The lowest BCUT2D eigenvalue weighted by Crippen LogP contribution is -2.15. The van der Waals surface area contributed by atoms with E-state index in [9.17, 15) is 0 Å². The largest absolute Gasteiger partial charge is 0.320 e. The molecule has 0 unspecified atom stereocenters. The van der Waals surface area contributed by atoms with Gasteiger partial charge < -0.3 is 5.43 Å². The van der Waals surface area contributed by atoms with Crippen LogP contribution in [-0.2, 0) is 13.1 Å². The molecule has 2 aromatic rings. The van der Waals surface area contributed by atoms with Crippen LogP contribution in [0, 0.1) is 0 Å². The Morgan fingerprint density at radius 2 is 2.14 bits per heavy atom. The third-order valence-electron chi connectivity index (χ3n) is 2.15. The van der Waals surface area contributed by atoms with Crippen molar-refractivity contribution in [2.24, 2.45) is 0 Å². The average Bonchev–Trinajstić information content (AvgIpc) is 2.85. The van der Waals surface area contributed by atoms with Crippen LogP contribution in [0.4, 0.5) is 0 Å². The molecule has 0 saturated carbocycles. The predicted octanol–water partition coefficient (Wildman–Crippen LogP) is 1.45. The van der Waals surface area contributed by atoms with Crippen LogP contribution < -0.4 is 5.43 Å². The van der Waals surface area contributed by atoms with Gasteiger partial charge in [-0.25, -0.2) is 0 Å². The molecule has 0 aliphatic heterocycles. The second-order valence-corrected chi connectivity index (χ2v) is 3.06. The Morgan fingerprint density at radius 3 is 2.86 bits per heavy atom. The molecule has 0 atom stereocenters. The molecular weight excluding hydrogens is 176 g/mol. The van der Waals surface area contributed by atoms with Gasteiger partial charge in [0.25, 0.3) is 0 Å². The fraction of sp³-hybridized carbons (Fsp3) is 0.300. The van der Waals surface area contributed by atoms with E-state index >= 15 is 0 Å².